The molecule has 1 heterocycles. The first-order valence-corrected chi connectivity index (χ1v) is 8.98. The topological polar surface area (TPSA) is 74.2 Å². The van der Waals surface area contributed by atoms with Crippen LogP contribution in [0.2, 0.25) is 0 Å². The lowest BCUT2D eigenvalue weighted by atomic mass is 9.71. The molecule has 1 saturated heterocycles. The molecule has 0 unspecified atom stereocenters. The Hall–Kier alpha value is -2.12. The number of rotatable bonds is 7. The number of phenolic OH excluding ortho intramolecular Hbond substituents is 1. The summed E-state index contributed by atoms with van der Waals surface area (Å²) in [6.45, 7) is 2.48. The van der Waals surface area contributed by atoms with Crippen molar-refractivity contribution in [2.45, 2.75) is 31.8 Å². The Balaban J connectivity index is 1.86. The van der Waals surface area contributed by atoms with Gasteiger partial charge >= 0.3 is 0 Å². The average Bonchev–Trinajstić information content (AvgIpc) is 3.06. The van der Waals surface area contributed by atoms with E-state index in [-0.39, 0.29) is 35.9 Å². The quantitative estimate of drug-likeness (QED) is 0.784. The van der Waals surface area contributed by atoms with Crippen LogP contribution in [0.15, 0.2) is 24.0 Å². The van der Waals surface area contributed by atoms with Crippen LogP contribution in [0.4, 0.5) is 4.39 Å². The zero-order valence-electron chi connectivity index (χ0n) is 15.8. The molecule has 27 heavy (non-hydrogen) atoms. The van der Waals surface area contributed by atoms with E-state index in [4.69, 9.17) is 18.9 Å². The summed E-state index contributed by atoms with van der Waals surface area (Å²) in [7, 11) is 2.97. The number of halogens is 1. The number of hydrogen-bond donors (Lipinski definition) is 1. The predicted octanol–water partition coefficient (Wildman–Crippen LogP) is 2.97. The summed E-state index contributed by atoms with van der Waals surface area (Å²) >= 11 is 0. The van der Waals surface area contributed by atoms with Crippen LogP contribution in [0.5, 0.6) is 11.5 Å². The normalized spacial score (nSPS) is 25.6. The number of aromatic hydroxyl groups is 1. The molecular formula is C20H25FO6. The molecule has 1 fully saturated rings. The molecule has 1 aromatic rings. The second kappa shape index (κ2) is 7.86. The molecule has 0 saturated carbocycles. The van der Waals surface area contributed by atoms with Crippen molar-refractivity contribution in [1.82, 2.24) is 0 Å². The van der Waals surface area contributed by atoms with Crippen molar-refractivity contribution in [1.29, 1.82) is 0 Å². The van der Waals surface area contributed by atoms with Crippen LogP contribution in [-0.4, -0.2) is 44.1 Å². The van der Waals surface area contributed by atoms with Crippen molar-refractivity contribution >= 4 is 5.78 Å². The van der Waals surface area contributed by atoms with Crippen LogP contribution >= 0.6 is 0 Å². The average molecular weight is 380 g/mol. The van der Waals surface area contributed by atoms with Crippen molar-refractivity contribution in [3.63, 3.8) is 0 Å². The number of hydrogen-bond acceptors (Lipinski definition) is 6. The Labute approximate surface area is 157 Å². The maximum Gasteiger partial charge on any atom is 0.189 e. The van der Waals surface area contributed by atoms with Crippen LogP contribution in [-0.2, 0) is 25.4 Å². The molecule has 2 aliphatic rings. The molecule has 0 bridgehead atoms. The number of allylic oxidation sites excluding steroid dienone is 1. The number of fused-ring (bicyclic) bond motifs is 1. The molecule has 0 spiro atoms. The first kappa shape index (κ1) is 19.6. The van der Waals surface area contributed by atoms with Crippen LogP contribution in [0.1, 0.15) is 25.3 Å². The Morgan fingerprint density at radius 2 is 2.19 bits per heavy atom. The van der Waals surface area contributed by atoms with Crippen molar-refractivity contribution in [2.24, 2.45) is 11.8 Å². The molecule has 0 radical (unpaired) electrons. The highest BCUT2D eigenvalue weighted by Crippen LogP contribution is 2.46. The SMILES string of the molecule is COCC[C@H]1C[C@]2([C@@H](C)Cc3cc(O)c(OC)cc3F)OCOC2=CC1=O. The van der Waals surface area contributed by atoms with Gasteiger partial charge in [-0.25, -0.2) is 4.39 Å². The lowest BCUT2D eigenvalue weighted by Crippen LogP contribution is -2.45. The van der Waals surface area contributed by atoms with Gasteiger partial charge in [-0.05, 0) is 36.8 Å². The maximum atomic E-state index is 14.4. The van der Waals surface area contributed by atoms with Gasteiger partial charge in [0.25, 0.3) is 0 Å². The van der Waals surface area contributed by atoms with Gasteiger partial charge in [0.15, 0.2) is 24.1 Å². The van der Waals surface area contributed by atoms with Gasteiger partial charge in [0.1, 0.15) is 17.2 Å². The van der Waals surface area contributed by atoms with E-state index in [1.165, 1.54) is 25.3 Å². The van der Waals surface area contributed by atoms with Gasteiger partial charge in [-0.2, -0.15) is 0 Å². The number of benzene rings is 1. The number of carbonyl (C=O) groups is 1. The monoisotopic (exact) mass is 380 g/mol. The fourth-order valence-corrected chi connectivity index (χ4v) is 3.92. The second-order valence-corrected chi connectivity index (χ2v) is 7.11. The Kier molecular flexibility index (Phi) is 5.72. The highest BCUT2D eigenvalue weighted by Gasteiger charge is 2.51. The molecule has 6 nitrogen and oxygen atoms in total. The molecule has 1 aliphatic heterocycles. The van der Waals surface area contributed by atoms with Gasteiger partial charge in [-0.3, -0.25) is 4.79 Å². The maximum absolute atomic E-state index is 14.4. The Bertz CT molecular complexity index is 746. The number of methoxy groups -OCH3 is 2. The van der Waals surface area contributed by atoms with Crippen LogP contribution in [0, 0.1) is 17.7 Å². The minimum absolute atomic E-state index is 0.00338. The van der Waals surface area contributed by atoms with E-state index in [0.29, 0.717) is 37.2 Å². The van der Waals surface area contributed by atoms with Gasteiger partial charge in [-0.1, -0.05) is 6.92 Å². The highest BCUT2D eigenvalue weighted by molar-refractivity contribution is 5.93. The third-order valence-corrected chi connectivity index (χ3v) is 5.51. The van der Waals surface area contributed by atoms with E-state index in [2.05, 4.69) is 0 Å². The summed E-state index contributed by atoms with van der Waals surface area (Å²) in [6, 6.07) is 2.54. The molecule has 0 amide bonds. The van der Waals surface area contributed by atoms with Crippen LogP contribution in [0.25, 0.3) is 0 Å². The van der Waals surface area contributed by atoms with E-state index in [0.717, 1.165) is 0 Å². The number of ketones is 1. The van der Waals surface area contributed by atoms with Crippen LogP contribution in [0.3, 0.4) is 0 Å². The molecule has 3 atom stereocenters. The van der Waals surface area contributed by atoms with Gasteiger partial charge in [-0.15, -0.1) is 0 Å². The summed E-state index contributed by atoms with van der Waals surface area (Å²) < 4.78 is 36.0. The van der Waals surface area contributed by atoms with Gasteiger partial charge < -0.3 is 24.1 Å². The molecule has 0 aromatic heterocycles. The molecule has 1 aromatic carbocycles. The largest absolute Gasteiger partial charge is 0.504 e. The third-order valence-electron chi connectivity index (χ3n) is 5.51. The van der Waals surface area contributed by atoms with E-state index >= 15 is 0 Å². The lowest BCUT2D eigenvalue weighted by molar-refractivity contribution is -0.124. The van der Waals surface area contributed by atoms with Crippen molar-refractivity contribution in [3.05, 3.63) is 35.3 Å². The molecule has 7 heteroatoms. The first-order valence-electron chi connectivity index (χ1n) is 8.98. The molecule has 1 N–H and O–H groups in total. The first-order chi connectivity index (χ1) is 12.9. The van der Waals surface area contributed by atoms with Crippen LogP contribution < -0.4 is 4.74 Å². The predicted molar refractivity (Wildman–Crippen MR) is 94.9 cm³/mol. The van der Waals surface area contributed by atoms with Crippen molar-refractivity contribution < 1.29 is 33.2 Å². The van der Waals surface area contributed by atoms with Crippen molar-refractivity contribution in [3.8, 4) is 11.5 Å². The van der Waals surface area contributed by atoms with Gasteiger partial charge in [0.2, 0.25) is 0 Å². The van der Waals surface area contributed by atoms with Crippen molar-refractivity contribution in [2.75, 3.05) is 27.6 Å². The zero-order chi connectivity index (χ0) is 19.6. The highest BCUT2D eigenvalue weighted by atomic mass is 19.1. The molecule has 148 valence electrons. The van der Waals surface area contributed by atoms with E-state index in [1.807, 2.05) is 6.92 Å². The summed E-state index contributed by atoms with van der Waals surface area (Å²) in [5.74, 6) is -0.380. The van der Waals surface area contributed by atoms with E-state index in [9.17, 15) is 14.3 Å². The summed E-state index contributed by atoms with van der Waals surface area (Å²) in [5, 5.41) is 9.98. The summed E-state index contributed by atoms with van der Waals surface area (Å²) in [5.41, 5.74) is -0.427. The fourth-order valence-electron chi connectivity index (χ4n) is 3.92. The smallest absolute Gasteiger partial charge is 0.189 e. The third kappa shape index (κ3) is 3.66. The molecular weight excluding hydrogens is 355 g/mol. The number of carbonyl (C=O) groups excluding carboxylic acids is 1. The minimum Gasteiger partial charge on any atom is -0.504 e. The minimum atomic E-state index is -0.783. The van der Waals surface area contributed by atoms with E-state index < -0.39 is 11.4 Å². The summed E-state index contributed by atoms with van der Waals surface area (Å²) in [6.07, 6.45) is 2.88. The molecule has 1 aliphatic carbocycles. The van der Waals surface area contributed by atoms with E-state index in [1.54, 1.807) is 7.11 Å². The lowest BCUT2D eigenvalue weighted by Gasteiger charge is -2.38. The second-order valence-electron chi connectivity index (χ2n) is 7.11. The standard InChI is InChI=1S/C20H25FO6/c1-12(6-14-7-17(23)18(25-3)8-15(14)21)20-10-13(4-5-24-2)16(22)9-19(20)26-11-27-20/h7-9,12-13,23H,4-6,10-11H2,1-3H3/t12-,13-,20+/m0/s1. The Morgan fingerprint density at radius 1 is 1.41 bits per heavy atom. The Morgan fingerprint density at radius 3 is 2.89 bits per heavy atom. The molecule has 3 rings (SSSR count). The summed E-state index contributed by atoms with van der Waals surface area (Å²) in [4.78, 5) is 12.4. The zero-order valence-corrected chi connectivity index (χ0v) is 15.8. The number of ether oxygens (including phenoxy) is 4. The van der Waals surface area contributed by atoms with Gasteiger partial charge in [0, 0.05) is 31.8 Å². The van der Waals surface area contributed by atoms with Gasteiger partial charge in [0.05, 0.1) is 7.11 Å². The number of phenols is 1. The fraction of sp³-hybridized carbons (Fsp3) is 0.550.